The van der Waals surface area contributed by atoms with Crippen LogP contribution < -0.4 is 15.5 Å². The number of nitrogens with zero attached hydrogens (tertiary/aromatic N) is 1. The normalized spacial score (nSPS) is 15.4. The maximum Gasteiger partial charge on any atom is 0.311 e. The van der Waals surface area contributed by atoms with Crippen molar-refractivity contribution in [3.63, 3.8) is 0 Å². The molecule has 1 aliphatic rings. The van der Waals surface area contributed by atoms with E-state index < -0.39 is 36.2 Å². The first kappa shape index (κ1) is 21.8. The SMILES string of the molecule is COc1cccc(NC(=O)COC(=O)[C@H]2CC(=O)N(NC(=O)c3ccccc3C)C2)c1. The summed E-state index contributed by atoms with van der Waals surface area (Å²) in [5.41, 5.74) is 4.23. The zero-order valence-electron chi connectivity index (χ0n) is 17.2. The number of ether oxygens (including phenoxy) is 2. The van der Waals surface area contributed by atoms with Gasteiger partial charge in [0.2, 0.25) is 5.91 Å². The Hall–Kier alpha value is -3.88. The first-order chi connectivity index (χ1) is 14.9. The Bertz CT molecular complexity index is 1010. The molecule has 1 saturated heterocycles. The van der Waals surface area contributed by atoms with Crippen molar-refractivity contribution in [1.29, 1.82) is 0 Å². The number of hydrazine groups is 1. The minimum Gasteiger partial charge on any atom is -0.497 e. The molecule has 1 fully saturated rings. The van der Waals surface area contributed by atoms with Gasteiger partial charge in [0, 0.05) is 23.7 Å². The number of benzene rings is 2. The van der Waals surface area contributed by atoms with Gasteiger partial charge in [-0.1, -0.05) is 24.3 Å². The summed E-state index contributed by atoms with van der Waals surface area (Å²) in [7, 11) is 1.51. The molecule has 0 aromatic heterocycles. The van der Waals surface area contributed by atoms with E-state index in [-0.39, 0.29) is 13.0 Å². The Morgan fingerprint density at radius 1 is 1.13 bits per heavy atom. The Balaban J connectivity index is 1.49. The van der Waals surface area contributed by atoms with Crippen LogP contribution in [-0.2, 0) is 19.1 Å². The highest BCUT2D eigenvalue weighted by Crippen LogP contribution is 2.19. The number of rotatable bonds is 7. The lowest BCUT2D eigenvalue weighted by atomic mass is 10.1. The van der Waals surface area contributed by atoms with Gasteiger partial charge in [-0.05, 0) is 30.7 Å². The zero-order valence-corrected chi connectivity index (χ0v) is 17.2. The number of esters is 1. The van der Waals surface area contributed by atoms with Gasteiger partial charge in [0.1, 0.15) is 5.75 Å². The van der Waals surface area contributed by atoms with E-state index in [1.54, 1.807) is 49.4 Å². The third kappa shape index (κ3) is 5.59. The maximum atomic E-state index is 12.4. The second-order valence-electron chi connectivity index (χ2n) is 7.05. The Labute approximate surface area is 179 Å². The number of carbonyl (C=O) groups excluding carboxylic acids is 4. The lowest BCUT2D eigenvalue weighted by Gasteiger charge is -2.18. The van der Waals surface area contributed by atoms with Gasteiger partial charge >= 0.3 is 5.97 Å². The average Bonchev–Trinajstić information content (AvgIpc) is 3.12. The molecular formula is C22H23N3O6. The van der Waals surface area contributed by atoms with E-state index in [9.17, 15) is 19.2 Å². The van der Waals surface area contributed by atoms with Crippen molar-refractivity contribution in [3.05, 3.63) is 59.7 Å². The van der Waals surface area contributed by atoms with Crippen molar-refractivity contribution in [2.45, 2.75) is 13.3 Å². The van der Waals surface area contributed by atoms with Gasteiger partial charge in [0.05, 0.1) is 19.6 Å². The van der Waals surface area contributed by atoms with Gasteiger partial charge in [-0.3, -0.25) is 29.6 Å². The number of hydrogen-bond donors (Lipinski definition) is 2. The summed E-state index contributed by atoms with van der Waals surface area (Å²) in [5, 5.41) is 3.71. The van der Waals surface area contributed by atoms with Crippen LogP contribution in [-0.4, -0.2) is 49.0 Å². The third-order valence-electron chi connectivity index (χ3n) is 4.78. The summed E-state index contributed by atoms with van der Waals surface area (Å²) >= 11 is 0. The van der Waals surface area contributed by atoms with Gasteiger partial charge in [-0.2, -0.15) is 0 Å². The number of methoxy groups -OCH3 is 1. The third-order valence-corrected chi connectivity index (χ3v) is 4.78. The largest absolute Gasteiger partial charge is 0.497 e. The van der Waals surface area contributed by atoms with Crippen LogP contribution in [0, 0.1) is 12.8 Å². The Kier molecular flexibility index (Phi) is 6.86. The second-order valence-corrected chi connectivity index (χ2v) is 7.05. The Morgan fingerprint density at radius 2 is 1.90 bits per heavy atom. The molecule has 1 heterocycles. The van der Waals surface area contributed by atoms with E-state index in [1.165, 1.54) is 7.11 Å². The first-order valence-corrected chi connectivity index (χ1v) is 9.65. The minimum absolute atomic E-state index is 0.0210. The van der Waals surface area contributed by atoms with Crippen LogP contribution in [0.2, 0.25) is 0 Å². The fourth-order valence-corrected chi connectivity index (χ4v) is 3.14. The summed E-state index contributed by atoms with van der Waals surface area (Å²) in [6.07, 6.45) is -0.107. The molecular weight excluding hydrogens is 402 g/mol. The topological polar surface area (TPSA) is 114 Å². The molecule has 0 aliphatic carbocycles. The van der Waals surface area contributed by atoms with Crippen LogP contribution in [0.3, 0.4) is 0 Å². The van der Waals surface area contributed by atoms with E-state index in [4.69, 9.17) is 9.47 Å². The van der Waals surface area contributed by atoms with Crippen LogP contribution in [0.25, 0.3) is 0 Å². The van der Waals surface area contributed by atoms with Crippen LogP contribution in [0.1, 0.15) is 22.3 Å². The van der Waals surface area contributed by atoms with Crippen LogP contribution in [0.15, 0.2) is 48.5 Å². The molecule has 31 heavy (non-hydrogen) atoms. The summed E-state index contributed by atoms with van der Waals surface area (Å²) in [5.74, 6) is -2.22. The van der Waals surface area contributed by atoms with Gasteiger partial charge in [0.15, 0.2) is 6.61 Å². The summed E-state index contributed by atoms with van der Waals surface area (Å²) in [4.78, 5) is 48.9. The minimum atomic E-state index is -0.769. The first-order valence-electron chi connectivity index (χ1n) is 9.65. The molecule has 0 unspecified atom stereocenters. The van der Waals surface area contributed by atoms with Crippen molar-refractivity contribution in [2.24, 2.45) is 5.92 Å². The van der Waals surface area contributed by atoms with Gasteiger partial charge in [-0.25, -0.2) is 0 Å². The molecule has 3 rings (SSSR count). The number of nitrogens with one attached hydrogen (secondary N) is 2. The molecule has 2 aromatic rings. The number of hydrogen-bond acceptors (Lipinski definition) is 6. The lowest BCUT2D eigenvalue weighted by molar-refractivity contribution is -0.151. The van der Waals surface area contributed by atoms with Crippen molar-refractivity contribution in [1.82, 2.24) is 10.4 Å². The molecule has 0 radical (unpaired) electrons. The fourth-order valence-electron chi connectivity index (χ4n) is 3.14. The van der Waals surface area contributed by atoms with Crippen molar-refractivity contribution in [3.8, 4) is 5.75 Å². The second kappa shape index (κ2) is 9.75. The number of anilines is 1. The highest BCUT2D eigenvalue weighted by Gasteiger charge is 2.36. The lowest BCUT2D eigenvalue weighted by Crippen LogP contribution is -2.43. The number of carbonyl (C=O) groups is 4. The predicted octanol–water partition coefficient (Wildman–Crippen LogP) is 1.68. The van der Waals surface area contributed by atoms with E-state index in [0.29, 0.717) is 17.0 Å². The molecule has 2 aromatic carbocycles. The smallest absolute Gasteiger partial charge is 0.311 e. The Morgan fingerprint density at radius 3 is 2.65 bits per heavy atom. The average molecular weight is 425 g/mol. The molecule has 0 spiro atoms. The summed E-state index contributed by atoms with van der Waals surface area (Å²) in [6.45, 7) is 1.28. The van der Waals surface area contributed by atoms with Crippen LogP contribution in [0.4, 0.5) is 5.69 Å². The predicted molar refractivity (Wildman–Crippen MR) is 111 cm³/mol. The molecule has 0 bridgehead atoms. The molecule has 0 saturated carbocycles. The van der Waals surface area contributed by atoms with Crippen molar-refractivity contribution in [2.75, 3.05) is 25.6 Å². The van der Waals surface area contributed by atoms with Gasteiger partial charge in [-0.15, -0.1) is 0 Å². The van der Waals surface area contributed by atoms with Crippen molar-refractivity contribution < 1.29 is 28.7 Å². The van der Waals surface area contributed by atoms with Crippen LogP contribution >= 0.6 is 0 Å². The highest BCUT2D eigenvalue weighted by molar-refractivity contribution is 5.98. The van der Waals surface area contributed by atoms with Crippen molar-refractivity contribution >= 4 is 29.4 Å². The maximum absolute atomic E-state index is 12.4. The highest BCUT2D eigenvalue weighted by atomic mass is 16.5. The quantitative estimate of drug-likeness (QED) is 0.653. The van der Waals surface area contributed by atoms with E-state index in [1.807, 2.05) is 6.07 Å². The molecule has 3 amide bonds. The molecule has 9 nitrogen and oxygen atoms in total. The van der Waals surface area contributed by atoms with E-state index >= 15 is 0 Å². The van der Waals surface area contributed by atoms with E-state index in [2.05, 4.69) is 10.7 Å². The fraction of sp³-hybridized carbons (Fsp3) is 0.273. The standard InChI is InChI=1S/C22H23N3O6/c1-14-6-3-4-9-18(14)21(28)24-25-12-15(10-20(25)27)22(29)31-13-19(26)23-16-7-5-8-17(11-16)30-2/h3-9,11,15H,10,12-13H2,1-2H3,(H,23,26)(H,24,28)/t15-/m0/s1. The summed E-state index contributed by atoms with van der Waals surface area (Å²) < 4.78 is 10.1. The number of aryl methyl sites for hydroxylation is 1. The molecule has 9 heteroatoms. The molecule has 2 N–H and O–H groups in total. The molecule has 1 atom stereocenters. The van der Waals surface area contributed by atoms with Gasteiger partial charge < -0.3 is 14.8 Å². The summed E-state index contributed by atoms with van der Waals surface area (Å²) in [6, 6.07) is 13.7. The number of amides is 3. The zero-order chi connectivity index (χ0) is 22.4. The van der Waals surface area contributed by atoms with Gasteiger partial charge in [0.25, 0.3) is 11.8 Å². The van der Waals surface area contributed by atoms with Crippen LogP contribution in [0.5, 0.6) is 5.75 Å². The monoisotopic (exact) mass is 425 g/mol. The molecule has 162 valence electrons. The van der Waals surface area contributed by atoms with E-state index in [0.717, 1.165) is 10.6 Å². The molecule has 1 aliphatic heterocycles.